The van der Waals surface area contributed by atoms with Gasteiger partial charge in [-0.15, -0.1) is 25.3 Å². The van der Waals surface area contributed by atoms with Gasteiger partial charge in [-0.1, -0.05) is 24.3 Å². The van der Waals surface area contributed by atoms with Gasteiger partial charge in [-0.3, -0.25) is 0 Å². The molecule has 2 heterocycles. The topological polar surface area (TPSA) is 60.4 Å². The summed E-state index contributed by atoms with van der Waals surface area (Å²) in [5, 5.41) is 0. The second-order valence-corrected chi connectivity index (χ2v) is 5.49. The van der Waals surface area contributed by atoms with Gasteiger partial charge < -0.3 is 8.83 Å². The summed E-state index contributed by atoms with van der Waals surface area (Å²) in [6.07, 6.45) is 0. The van der Waals surface area contributed by atoms with Crippen molar-refractivity contribution in [3.8, 4) is 22.6 Å². The van der Waals surface area contributed by atoms with E-state index in [1.165, 1.54) is 0 Å². The number of hydrogen-bond donors (Lipinski definition) is 2. The number of hydrogen-bond acceptors (Lipinski definition) is 6. The Morgan fingerprint density at radius 1 is 0.591 bits per heavy atom. The summed E-state index contributed by atoms with van der Waals surface area (Å²) in [5.74, 6) is 0.892. The van der Waals surface area contributed by atoms with Gasteiger partial charge in [0.15, 0.2) is 0 Å². The van der Waals surface area contributed by atoms with Gasteiger partial charge in [0.2, 0.25) is 0 Å². The first-order valence-corrected chi connectivity index (χ1v) is 7.21. The molecule has 6 heteroatoms. The van der Waals surface area contributed by atoms with Crippen LogP contribution in [0.25, 0.3) is 22.6 Å². The van der Waals surface area contributed by atoms with Crippen LogP contribution in [0.1, 0.15) is 0 Å². The van der Waals surface area contributed by atoms with E-state index in [1.807, 2.05) is 0 Å². The monoisotopic (exact) mass is 330 g/mol. The van der Waals surface area contributed by atoms with Crippen LogP contribution in [0, 0.1) is 0 Å². The van der Waals surface area contributed by atoms with Gasteiger partial charge in [0, 0.05) is 11.1 Å². The van der Waals surface area contributed by atoms with E-state index in [0.717, 1.165) is 11.1 Å². The van der Waals surface area contributed by atoms with Crippen molar-refractivity contribution < 1.29 is 8.83 Å². The molecule has 3 aromatic rings. The Morgan fingerprint density at radius 2 is 0.955 bits per heavy atom. The smallest absolute Gasteiger partial charge is 0.349 e. The second kappa shape index (κ2) is 5.90. The molecule has 0 bridgehead atoms. The summed E-state index contributed by atoms with van der Waals surface area (Å²) < 4.78 is 10.3. The minimum atomic E-state index is -0.486. The molecule has 3 rings (SSSR count). The number of rotatable bonds is 2. The average molecular weight is 330 g/mol. The van der Waals surface area contributed by atoms with Gasteiger partial charge >= 0.3 is 11.3 Å². The van der Waals surface area contributed by atoms with E-state index < -0.39 is 11.3 Å². The Balaban J connectivity index is 1.98. The second-order valence-electron chi connectivity index (χ2n) is 4.52. The third-order valence-corrected chi connectivity index (χ3v) is 3.73. The highest BCUT2D eigenvalue weighted by atomic mass is 32.1. The van der Waals surface area contributed by atoms with Gasteiger partial charge in [-0.05, 0) is 24.3 Å². The Hall–Kier alpha value is -2.18. The van der Waals surface area contributed by atoms with Crippen molar-refractivity contribution in [2.24, 2.45) is 0 Å². The lowest BCUT2D eigenvalue weighted by atomic mass is 10.1. The lowest BCUT2D eigenvalue weighted by Crippen LogP contribution is -2.00. The molecule has 0 fully saturated rings. The molecule has 0 aliphatic rings. The highest BCUT2D eigenvalue weighted by Crippen LogP contribution is 2.24. The van der Waals surface area contributed by atoms with Crippen LogP contribution in [0.3, 0.4) is 0 Å². The van der Waals surface area contributed by atoms with Crippen LogP contribution < -0.4 is 11.3 Å². The SMILES string of the molecule is O=c1oc(-c2ccc(-c3ccc(S)c(=O)o3)cc2)ccc1S. The zero-order chi connectivity index (χ0) is 15.7. The van der Waals surface area contributed by atoms with Gasteiger partial charge in [0.25, 0.3) is 0 Å². The van der Waals surface area contributed by atoms with Crippen molar-refractivity contribution in [2.75, 3.05) is 0 Å². The van der Waals surface area contributed by atoms with Gasteiger partial charge in [0.05, 0.1) is 9.79 Å². The quantitative estimate of drug-likeness (QED) is 0.706. The molecule has 22 heavy (non-hydrogen) atoms. The molecule has 0 radical (unpaired) electrons. The Morgan fingerprint density at radius 3 is 1.27 bits per heavy atom. The summed E-state index contributed by atoms with van der Waals surface area (Å²) >= 11 is 7.97. The van der Waals surface area contributed by atoms with Gasteiger partial charge in [-0.2, -0.15) is 0 Å². The molecule has 0 N–H and O–H groups in total. The van der Waals surface area contributed by atoms with Crippen molar-refractivity contribution in [2.45, 2.75) is 9.79 Å². The molecule has 0 unspecified atom stereocenters. The highest BCUT2D eigenvalue weighted by Gasteiger charge is 2.06. The van der Waals surface area contributed by atoms with E-state index in [4.69, 9.17) is 8.83 Å². The van der Waals surface area contributed by atoms with Crippen molar-refractivity contribution >= 4 is 25.3 Å². The van der Waals surface area contributed by atoms with Crippen LogP contribution in [0.15, 0.2) is 76.7 Å². The predicted octanol–water partition coefficient (Wildman–Crippen LogP) is 3.50. The fourth-order valence-corrected chi connectivity index (χ4v) is 2.17. The van der Waals surface area contributed by atoms with E-state index in [-0.39, 0.29) is 9.79 Å². The van der Waals surface area contributed by atoms with Crippen LogP contribution >= 0.6 is 25.3 Å². The normalized spacial score (nSPS) is 10.6. The standard InChI is InChI=1S/C16H10O4S2/c17-15-13(21)7-5-11(19-15)9-1-2-10(4-3-9)12-6-8-14(22)16(18)20-12/h1-8,21-22H. The van der Waals surface area contributed by atoms with Gasteiger partial charge in [-0.25, -0.2) is 9.59 Å². The molecular weight excluding hydrogens is 320 g/mol. The van der Waals surface area contributed by atoms with Crippen LogP contribution in [0.4, 0.5) is 0 Å². The fraction of sp³-hybridized carbons (Fsp3) is 0. The summed E-state index contributed by atoms with van der Waals surface area (Å²) in [4.78, 5) is 23.5. The highest BCUT2D eigenvalue weighted by molar-refractivity contribution is 7.80. The molecule has 110 valence electrons. The molecule has 0 spiro atoms. The first-order chi connectivity index (χ1) is 10.5. The average Bonchev–Trinajstić information content (AvgIpc) is 2.53. The van der Waals surface area contributed by atoms with E-state index in [1.54, 1.807) is 48.5 Å². The summed E-state index contributed by atoms with van der Waals surface area (Å²) in [6, 6.07) is 13.6. The summed E-state index contributed by atoms with van der Waals surface area (Å²) in [7, 11) is 0. The molecular formula is C16H10O4S2. The first kappa shape index (κ1) is 14.7. The van der Waals surface area contributed by atoms with E-state index in [9.17, 15) is 9.59 Å². The number of benzene rings is 1. The largest absolute Gasteiger partial charge is 0.422 e. The molecule has 2 aromatic heterocycles. The van der Waals surface area contributed by atoms with E-state index >= 15 is 0 Å². The maximum atomic E-state index is 11.5. The lowest BCUT2D eigenvalue weighted by molar-refractivity contribution is 0.508. The maximum Gasteiger partial charge on any atom is 0.349 e. The molecule has 0 saturated heterocycles. The van der Waals surface area contributed by atoms with E-state index in [0.29, 0.717) is 11.5 Å². The van der Waals surface area contributed by atoms with Crippen molar-refractivity contribution in [3.63, 3.8) is 0 Å². The Kier molecular flexibility index (Phi) is 3.96. The third-order valence-electron chi connectivity index (χ3n) is 3.06. The van der Waals surface area contributed by atoms with Crippen molar-refractivity contribution in [1.82, 2.24) is 0 Å². The zero-order valence-electron chi connectivity index (χ0n) is 11.1. The van der Waals surface area contributed by atoms with Crippen LogP contribution in [0.2, 0.25) is 0 Å². The molecule has 0 atom stereocenters. The number of thiol groups is 2. The molecule has 0 aliphatic heterocycles. The Bertz CT molecular complexity index is 861. The molecule has 4 nitrogen and oxygen atoms in total. The zero-order valence-corrected chi connectivity index (χ0v) is 12.9. The van der Waals surface area contributed by atoms with Gasteiger partial charge in [0.1, 0.15) is 11.5 Å². The van der Waals surface area contributed by atoms with E-state index in [2.05, 4.69) is 25.3 Å². The Labute approximate surface area is 136 Å². The third kappa shape index (κ3) is 2.88. The molecule has 0 amide bonds. The first-order valence-electron chi connectivity index (χ1n) is 6.31. The maximum absolute atomic E-state index is 11.5. The molecule has 0 aliphatic carbocycles. The summed E-state index contributed by atoms with van der Waals surface area (Å²) in [5.41, 5.74) is 0.505. The van der Waals surface area contributed by atoms with Crippen molar-refractivity contribution in [1.29, 1.82) is 0 Å². The minimum Gasteiger partial charge on any atom is -0.422 e. The van der Waals surface area contributed by atoms with Crippen molar-refractivity contribution in [3.05, 3.63) is 69.4 Å². The summed E-state index contributed by atoms with van der Waals surface area (Å²) in [6.45, 7) is 0. The van der Waals surface area contributed by atoms with Crippen LogP contribution in [0.5, 0.6) is 0 Å². The predicted molar refractivity (Wildman–Crippen MR) is 88.9 cm³/mol. The molecule has 0 saturated carbocycles. The fourth-order valence-electron chi connectivity index (χ4n) is 1.93. The van der Waals surface area contributed by atoms with Crippen LogP contribution in [-0.4, -0.2) is 0 Å². The minimum absolute atomic E-state index is 0.258. The lowest BCUT2D eigenvalue weighted by Gasteiger charge is -2.03. The molecule has 1 aromatic carbocycles. The van der Waals surface area contributed by atoms with Crippen LogP contribution in [-0.2, 0) is 0 Å².